The van der Waals surface area contributed by atoms with Crippen LogP contribution in [0.1, 0.15) is 23.9 Å². The maximum Gasteiger partial charge on any atom is 0.240 e. The Balaban J connectivity index is 1.62. The van der Waals surface area contributed by atoms with Crippen LogP contribution in [0.3, 0.4) is 0 Å². The van der Waals surface area contributed by atoms with Crippen LogP contribution in [-0.4, -0.2) is 23.0 Å². The van der Waals surface area contributed by atoms with Gasteiger partial charge in [-0.15, -0.1) is 0 Å². The van der Waals surface area contributed by atoms with Gasteiger partial charge >= 0.3 is 0 Å². The van der Waals surface area contributed by atoms with Crippen LogP contribution in [0.4, 0.5) is 4.39 Å². The molecule has 6 nitrogen and oxygen atoms in total. The highest BCUT2D eigenvalue weighted by molar-refractivity contribution is 7.89. The van der Waals surface area contributed by atoms with Gasteiger partial charge in [-0.2, -0.15) is 0 Å². The minimum absolute atomic E-state index is 0.00934. The number of rotatable bonds is 7. The van der Waals surface area contributed by atoms with Crippen molar-refractivity contribution in [2.45, 2.75) is 31.3 Å². The third-order valence-electron chi connectivity index (χ3n) is 4.90. The van der Waals surface area contributed by atoms with Crippen molar-refractivity contribution in [2.75, 3.05) is 0 Å². The van der Waals surface area contributed by atoms with Crippen LogP contribution in [0.15, 0.2) is 71.8 Å². The monoisotopic (exact) mass is 424 g/mol. The number of aryl methyl sites for hydroxylation is 1. The minimum atomic E-state index is -3.69. The Morgan fingerprint density at radius 3 is 2.40 bits per heavy atom. The summed E-state index contributed by atoms with van der Waals surface area (Å²) < 4.78 is 43.2. The number of sulfonamides is 1. The van der Waals surface area contributed by atoms with Gasteiger partial charge in [0.05, 0.1) is 18.0 Å². The first-order chi connectivity index (χ1) is 14.5. The second-order valence-corrected chi connectivity index (χ2v) is 8.68. The van der Waals surface area contributed by atoms with E-state index in [-0.39, 0.29) is 17.3 Å². The van der Waals surface area contributed by atoms with Crippen LogP contribution in [0.2, 0.25) is 0 Å². The van der Waals surface area contributed by atoms with Crippen LogP contribution in [0.25, 0.3) is 11.2 Å². The van der Waals surface area contributed by atoms with Gasteiger partial charge in [0, 0.05) is 6.20 Å². The third kappa shape index (κ3) is 4.24. The zero-order valence-corrected chi connectivity index (χ0v) is 17.2. The molecule has 0 aliphatic carbocycles. The molecule has 4 aromatic rings. The van der Waals surface area contributed by atoms with Gasteiger partial charge in [-0.05, 0) is 53.9 Å². The Kier molecular flexibility index (Phi) is 5.61. The van der Waals surface area contributed by atoms with Crippen molar-refractivity contribution < 1.29 is 12.8 Å². The predicted octanol–water partition coefficient (Wildman–Crippen LogP) is 3.66. The summed E-state index contributed by atoms with van der Waals surface area (Å²) in [6.07, 6.45) is 2.50. The first-order valence-corrected chi connectivity index (χ1v) is 11.1. The fourth-order valence-corrected chi connectivity index (χ4v) is 4.21. The van der Waals surface area contributed by atoms with Gasteiger partial charge in [0.2, 0.25) is 10.0 Å². The molecule has 0 unspecified atom stereocenters. The van der Waals surface area contributed by atoms with E-state index in [4.69, 9.17) is 0 Å². The Bertz CT molecular complexity index is 1270. The number of hydrogen-bond donors (Lipinski definition) is 1. The summed E-state index contributed by atoms with van der Waals surface area (Å²) >= 11 is 0. The highest BCUT2D eigenvalue weighted by atomic mass is 32.2. The minimum Gasteiger partial charge on any atom is -0.307 e. The number of hydrogen-bond acceptors (Lipinski definition) is 4. The molecule has 1 N–H and O–H groups in total. The summed E-state index contributed by atoms with van der Waals surface area (Å²) in [7, 11) is -3.69. The van der Waals surface area contributed by atoms with Gasteiger partial charge in [0.15, 0.2) is 5.65 Å². The molecule has 0 spiro atoms. The van der Waals surface area contributed by atoms with Crippen LogP contribution >= 0.6 is 0 Å². The molecule has 0 amide bonds. The fourth-order valence-electron chi connectivity index (χ4n) is 3.23. The third-order valence-corrected chi connectivity index (χ3v) is 6.32. The molecule has 0 aliphatic heterocycles. The molecule has 154 valence electrons. The molecule has 4 rings (SSSR count). The lowest BCUT2D eigenvalue weighted by Crippen LogP contribution is -2.25. The van der Waals surface area contributed by atoms with E-state index in [0.29, 0.717) is 23.5 Å². The largest absolute Gasteiger partial charge is 0.307 e. The van der Waals surface area contributed by atoms with Crippen molar-refractivity contribution in [3.05, 3.63) is 89.6 Å². The van der Waals surface area contributed by atoms with Crippen molar-refractivity contribution in [2.24, 2.45) is 0 Å². The zero-order valence-electron chi connectivity index (χ0n) is 16.4. The molecule has 0 bridgehead atoms. The van der Waals surface area contributed by atoms with Gasteiger partial charge in [-0.1, -0.05) is 31.2 Å². The number of aromatic nitrogens is 3. The Hall–Kier alpha value is -3.10. The molecule has 8 heteroatoms. The zero-order chi connectivity index (χ0) is 21.1. The van der Waals surface area contributed by atoms with Gasteiger partial charge in [0.1, 0.15) is 17.2 Å². The molecule has 0 saturated carbocycles. The average Bonchev–Trinajstić information content (AvgIpc) is 3.11. The van der Waals surface area contributed by atoms with Gasteiger partial charge in [0.25, 0.3) is 0 Å². The topological polar surface area (TPSA) is 76.9 Å². The molecule has 30 heavy (non-hydrogen) atoms. The maximum atomic E-state index is 13.3. The van der Waals surface area contributed by atoms with Crippen LogP contribution in [0.5, 0.6) is 0 Å². The van der Waals surface area contributed by atoms with Crippen LogP contribution in [-0.2, 0) is 29.5 Å². The highest BCUT2D eigenvalue weighted by Gasteiger charge is 2.17. The van der Waals surface area contributed by atoms with Gasteiger partial charge in [-0.3, -0.25) is 0 Å². The number of nitrogens with one attached hydrogen (secondary N) is 1. The van der Waals surface area contributed by atoms with Gasteiger partial charge < -0.3 is 4.57 Å². The van der Waals surface area contributed by atoms with E-state index < -0.39 is 10.0 Å². The number of pyridine rings is 1. The summed E-state index contributed by atoms with van der Waals surface area (Å²) in [6.45, 7) is 2.42. The molecule has 0 saturated heterocycles. The van der Waals surface area contributed by atoms with E-state index in [0.717, 1.165) is 17.5 Å². The molecule has 0 fully saturated rings. The second kappa shape index (κ2) is 8.33. The predicted molar refractivity (Wildman–Crippen MR) is 113 cm³/mol. The van der Waals surface area contributed by atoms with E-state index in [2.05, 4.69) is 14.7 Å². The fraction of sp³-hybridized carbons (Fsp3) is 0.182. The van der Waals surface area contributed by atoms with Crippen molar-refractivity contribution in [1.82, 2.24) is 19.3 Å². The van der Waals surface area contributed by atoms with Crippen molar-refractivity contribution in [3.8, 4) is 0 Å². The highest BCUT2D eigenvalue weighted by Crippen LogP contribution is 2.18. The lowest BCUT2D eigenvalue weighted by atomic mass is 10.2. The Morgan fingerprint density at radius 2 is 1.70 bits per heavy atom. The molecule has 0 radical (unpaired) electrons. The molecular formula is C22H21FN4O2S. The van der Waals surface area contributed by atoms with E-state index in [1.807, 2.05) is 29.7 Å². The van der Waals surface area contributed by atoms with Crippen LogP contribution in [0, 0.1) is 5.82 Å². The summed E-state index contributed by atoms with van der Waals surface area (Å²) in [5.41, 5.74) is 3.24. The number of fused-ring (bicyclic) bond motifs is 1. The maximum absolute atomic E-state index is 13.3. The number of imidazole rings is 1. The van der Waals surface area contributed by atoms with Crippen molar-refractivity contribution in [3.63, 3.8) is 0 Å². The molecule has 2 heterocycles. The van der Waals surface area contributed by atoms with Gasteiger partial charge in [-0.25, -0.2) is 27.5 Å². The quantitative estimate of drug-likeness (QED) is 0.491. The molecule has 0 aliphatic rings. The number of nitrogens with zero attached hydrogens (tertiary/aromatic N) is 3. The summed E-state index contributed by atoms with van der Waals surface area (Å²) in [5, 5.41) is 0. The first-order valence-electron chi connectivity index (χ1n) is 9.59. The van der Waals surface area contributed by atoms with Crippen molar-refractivity contribution >= 4 is 21.2 Å². The molecule has 2 aromatic heterocycles. The summed E-state index contributed by atoms with van der Waals surface area (Å²) in [4.78, 5) is 9.14. The Morgan fingerprint density at radius 1 is 1.00 bits per heavy atom. The lowest BCUT2D eigenvalue weighted by molar-refractivity contribution is 0.576. The lowest BCUT2D eigenvalue weighted by Gasteiger charge is -2.11. The number of benzene rings is 2. The molecular weight excluding hydrogens is 403 g/mol. The van der Waals surface area contributed by atoms with Crippen molar-refractivity contribution in [1.29, 1.82) is 0 Å². The smallest absolute Gasteiger partial charge is 0.240 e. The normalized spacial score (nSPS) is 11.8. The molecule has 0 atom stereocenters. The van der Waals surface area contributed by atoms with E-state index in [1.165, 1.54) is 12.1 Å². The SMILES string of the molecule is CCc1ccc(S(=O)(=O)NCc2nc3cccnc3n2Cc2ccc(F)cc2)cc1. The standard InChI is InChI=1S/C22H21FN4O2S/c1-2-16-7-11-19(12-8-16)30(28,29)25-14-21-26-20-4-3-13-24-22(20)27(21)15-17-5-9-18(23)10-6-17/h3-13,25H,2,14-15H2,1H3. The first kappa shape index (κ1) is 20.2. The van der Waals surface area contributed by atoms with Crippen LogP contribution < -0.4 is 4.72 Å². The summed E-state index contributed by atoms with van der Waals surface area (Å²) in [5.74, 6) is 0.219. The van der Waals surface area contributed by atoms with E-state index in [9.17, 15) is 12.8 Å². The van der Waals surface area contributed by atoms with E-state index >= 15 is 0 Å². The number of halogens is 1. The summed E-state index contributed by atoms with van der Waals surface area (Å²) in [6, 6.07) is 16.6. The molecule has 2 aromatic carbocycles. The second-order valence-electron chi connectivity index (χ2n) is 6.91. The average molecular weight is 425 g/mol. The Labute approximate surface area is 174 Å². The van der Waals surface area contributed by atoms with E-state index in [1.54, 1.807) is 36.5 Å².